The van der Waals surface area contributed by atoms with E-state index >= 15 is 0 Å². The van der Waals surface area contributed by atoms with Gasteiger partial charge in [0.1, 0.15) is 0 Å². The Balaban J connectivity index is 0.000000248. The Morgan fingerprint density at radius 3 is 1.73 bits per heavy atom. The van der Waals surface area contributed by atoms with Gasteiger partial charge in [-0.3, -0.25) is 6.08 Å². The van der Waals surface area contributed by atoms with E-state index < -0.39 is 11.7 Å². The molecule has 0 saturated carbocycles. The van der Waals surface area contributed by atoms with Crippen LogP contribution >= 0.6 is 0 Å². The molecule has 44 heavy (non-hydrogen) atoms. The summed E-state index contributed by atoms with van der Waals surface area (Å²) < 4.78 is 38.7. The molecular formula is C40H48F3Zr-3. The van der Waals surface area contributed by atoms with Gasteiger partial charge >= 0.3 is 34.6 Å². The predicted molar refractivity (Wildman–Crippen MR) is 177 cm³/mol. The van der Waals surface area contributed by atoms with Crippen molar-refractivity contribution in [1.29, 1.82) is 0 Å². The van der Waals surface area contributed by atoms with Gasteiger partial charge in [-0.05, 0) is 28.4 Å². The van der Waals surface area contributed by atoms with Crippen molar-refractivity contribution < 1.29 is 37.4 Å². The van der Waals surface area contributed by atoms with E-state index in [-0.39, 0.29) is 10.8 Å². The standard InChI is InChI=1S/C21H25.C11H17.C7H4F3.CH2.Zr/c1-20(2,3)16-7-9-18-14(12-16)11-15-13-17(21(4,5)6)8-10-19(15)18;1-8-6-9(2)10(7-8)11(3,4)5;8-7(9,10)6-4-2-1-3-5-6;;/h7-10,12H,11H2,1-6H3;7-8H,1-5H3;2-5H;1H2;/q3*-1;;. The molecule has 3 aromatic carbocycles. The topological polar surface area (TPSA) is 0 Å². The van der Waals surface area contributed by atoms with Crippen molar-refractivity contribution in [1.82, 2.24) is 0 Å². The normalized spacial score (nSPS) is 15.6. The second-order valence-electron chi connectivity index (χ2n) is 14.5. The number of allylic oxidation sites excluding steroid dienone is 4. The third-order valence-corrected chi connectivity index (χ3v) is 7.58. The van der Waals surface area contributed by atoms with E-state index in [4.69, 9.17) is 0 Å². The van der Waals surface area contributed by atoms with Crippen LogP contribution in [-0.4, -0.2) is 4.21 Å². The number of rotatable bonds is 0. The maximum atomic E-state index is 11.8. The molecule has 0 radical (unpaired) electrons. The van der Waals surface area contributed by atoms with Crippen molar-refractivity contribution in [2.24, 2.45) is 11.3 Å². The number of alkyl halides is 3. The molecule has 0 heterocycles. The van der Waals surface area contributed by atoms with Crippen molar-refractivity contribution in [3.8, 4) is 11.1 Å². The number of benzene rings is 3. The van der Waals surface area contributed by atoms with Crippen LogP contribution in [0.15, 0.2) is 71.8 Å². The molecule has 1 atom stereocenters. The summed E-state index contributed by atoms with van der Waals surface area (Å²) >= 11 is 1.30. The van der Waals surface area contributed by atoms with Crippen LogP contribution in [0.2, 0.25) is 0 Å². The van der Waals surface area contributed by atoms with Crippen molar-refractivity contribution >= 4 is 4.21 Å². The summed E-state index contributed by atoms with van der Waals surface area (Å²) in [6, 6.07) is 22.1. The number of hydrogen-bond donors (Lipinski definition) is 0. The first-order valence-corrected chi connectivity index (χ1v) is 16.8. The van der Waals surface area contributed by atoms with Gasteiger partial charge in [-0.15, -0.1) is 11.1 Å². The zero-order valence-corrected chi connectivity index (χ0v) is 30.9. The fourth-order valence-corrected chi connectivity index (χ4v) is 5.25. The summed E-state index contributed by atoms with van der Waals surface area (Å²) in [5, 5.41) is 0. The van der Waals surface area contributed by atoms with Gasteiger partial charge in [0, 0.05) is 0 Å². The van der Waals surface area contributed by atoms with Crippen molar-refractivity contribution in [2.75, 3.05) is 0 Å². The molecule has 2 aliphatic carbocycles. The van der Waals surface area contributed by atoms with Crippen molar-refractivity contribution in [3.63, 3.8) is 0 Å². The zero-order valence-electron chi connectivity index (χ0n) is 28.4. The zero-order chi connectivity index (χ0) is 33.7. The number of halogens is 3. The monoisotopic (exact) mass is 675 g/mol. The Morgan fingerprint density at radius 1 is 0.750 bits per heavy atom. The van der Waals surface area contributed by atoms with E-state index in [1.807, 2.05) is 0 Å². The van der Waals surface area contributed by atoms with Gasteiger partial charge in [0.2, 0.25) is 0 Å². The van der Waals surface area contributed by atoms with Gasteiger partial charge in [0.15, 0.2) is 0 Å². The second kappa shape index (κ2) is 14.8. The predicted octanol–water partition coefficient (Wildman–Crippen LogP) is 11.5. The molecule has 0 aromatic heterocycles. The van der Waals surface area contributed by atoms with E-state index in [0.29, 0.717) is 11.3 Å². The van der Waals surface area contributed by atoms with Gasteiger partial charge in [0.25, 0.3) is 0 Å². The van der Waals surface area contributed by atoms with Crippen LogP contribution in [0.4, 0.5) is 13.2 Å². The van der Waals surface area contributed by atoms with Gasteiger partial charge in [0.05, 0.1) is 0 Å². The Hall–Kier alpha value is -2.32. The molecule has 236 valence electrons. The van der Waals surface area contributed by atoms with E-state index in [1.165, 1.54) is 80.9 Å². The van der Waals surface area contributed by atoms with Crippen LogP contribution in [0.25, 0.3) is 11.1 Å². The first kappa shape index (κ1) is 37.9. The van der Waals surface area contributed by atoms with Crippen LogP contribution in [0.1, 0.15) is 104 Å². The molecule has 1 unspecified atom stereocenters. The summed E-state index contributed by atoms with van der Waals surface area (Å²) in [6.45, 7) is 24.7. The van der Waals surface area contributed by atoms with Gasteiger partial charge < -0.3 is 0 Å². The van der Waals surface area contributed by atoms with Gasteiger partial charge in [-0.1, -0.05) is 117 Å². The molecule has 5 rings (SSSR count). The van der Waals surface area contributed by atoms with Gasteiger partial charge in [-0.25, -0.2) is 5.57 Å². The molecule has 0 spiro atoms. The molecular weight excluding hydrogens is 629 g/mol. The molecule has 0 bridgehead atoms. The molecule has 0 fully saturated rings. The Morgan fingerprint density at radius 2 is 1.32 bits per heavy atom. The van der Waals surface area contributed by atoms with Crippen LogP contribution in [0.5, 0.6) is 0 Å². The maximum absolute atomic E-state index is 11.8. The Kier molecular flexibility index (Phi) is 12.8. The van der Waals surface area contributed by atoms with Gasteiger partial charge in [-0.2, -0.15) is 78.9 Å². The third-order valence-electron chi connectivity index (χ3n) is 7.58. The first-order valence-electron chi connectivity index (χ1n) is 15.1. The van der Waals surface area contributed by atoms with Crippen LogP contribution in [0.3, 0.4) is 0 Å². The summed E-state index contributed by atoms with van der Waals surface area (Å²) in [7, 11) is 0. The minimum atomic E-state index is -4.23. The molecule has 3 aromatic rings. The van der Waals surface area contributed by atoms with Crippen LogP contribution in [-0.2, 0) is 47.7 Å². The fraction of sp³-hybridized carbons (Fsp3) is 0.425. The van der Waals surface area contributed by atoms with Crippen molar-refractivity contribution in [3.05, 3.63) is 118 Å². The van der Waals surface area contributed by atoms with E-state index in [0.717, 1.165) is 18.6 Å². The van der Waals surface area contributed by atoms with E-state index in [9.17, 15) is 13.2 Å². The molecule has 2 aliphatic rings. The van der Waals surface area contributed by atoms with Crippen molar-refractivity contribution in [2.45, 2.75) is 99.6 Å². The molecule has 0 nitrogen and oxygen atoms in total. The first-order chi connectivity index (χ1) is 20.2. The minimum absolute atomic E-state index is 0.167. The summed E-state index contributed by atoms with van der Waals surface area (Å²) in [5.41, 5.74) is 11.2. The number of hydrogen-bond acceptors (Lipinski definition) is 0. The quantitative estimate of drug-likeness (QED) is 0.163. The van der Waals surface area contributed by atoms with Crippen LogP contribution in [0, 0.1) is 29.5 Å². The molecule has 0 amide bonds. The molecule has 0 N–H and O–H groups in total. The molecule has 0 saturated heterocycles. The molecule has 4 heteroatoms. The van der Waals surface area contributed by atoms with E-state index in [2.05, 4.69) is 135 Å². The summed E-state index contributed by atoms with van der Waals surface area (Å²) in [4.78, 5) is 0. The average Bonchev–Trinajstić information content (AvgIpc) is 3.47. The number of fused-ring (bicyclic) bond motifs is 3. The summed E-state index contributed by atoms with van der Waals surface area (Å²) in [6.07, 6.45) is 2.51. The summed E-state index contributed by atoms with van der Waals surface area (Å²) in [5.74, 6) is 0.518. The molecule has 0 aliphatic heterocycles. The van der Waals surface area contributed by atoms with Crippen LogP contribution < -0.4 is 0 Å². The fourth-order valence-electron chi connectivity index (χ4n) is 5.25. The Labute approximate surface area is 280 Å². The average molecular weight is 677 g/mol. The van der Waals surface area contributed by atoms with E-state index in [1.54, 1.807) is 0 Å². The second-order valence-corrected chi connectivity index (χ2v) is 14.5. The third kappa shape index (κ3) is 10.4. The Bertz CT molecular complexity index is 1390. The SMILES string of the molecule is CC(C)(C)c1[c-]c2c(cc1)-c1ccc(C(C)(C)C)cc1C2.CC1=[C-]C(C)C=C1C(C)(C)C.FC(F)(F)c1cc[c-]cc1.[CH2]=[Zr].